The molecule has 0 aromatic heterocycles. The minimum Gasteiger partial charge on any atom is -0.390 e. The van der Waals surface area contributed by atoms with Crippen molar-refractivity contribution in [3.8, 4) is 0 Å². The Bertz CT molecular complexity index is 787. The van der Waals surface area contributed by atoms with Gasteiger partial charge in [-0.25, -0.2) is 0 Å². The van der Waals surface area contributed by atoms with Crippen molar-refractivity contribution < 1.29 is 9.90 Å². The molecule has 4 aliphatic carbocycles. The van der Waals surface area contributed by atoms with E-state index in [9.17, 15) is 9.90 Å². The molecule has 2 heteroatoms. The maximum absolute atomic E-state index is 12.8. The average Bonchev–Trinajstić information content (AvgIpc) is 3.04. The van der Waals surface area contributed by atoms with Crippen LogP contribution >= 0.6 is 0 Å². The van der Waals surface area contributed by atoms with E-state index in [2.05, 4.69) is 61.5 Å². The number of allylic oxidation sites excluding steroid dienone is 2. The lowest BCUT2D eigenvalue weighted by Crippen LogP contribution is -2.63. The van der Waals surface area contributed by atoms with E-state index in [4.69, 9.17) is 0 Å². The normalized spacial score (nSPS) is 47.1. The van der Waals surface area contributed by atoms with Crippen molar-refractivity contribution >= 4 is 5.78 Å². The summed E-state index contributed by atoms with van der Waals surface area (Å²) in [5.41, 5.74) is 1.52. The zero-order chi connectivity index (χ0) is 23.7. The molecule has 4 fully saturated rings. The Labute approximate surface area is 198 Å². The second-order valence-corrected chi connectivity index (χ2v) is 14.1. The van der Waals surface area contributed by atoms with Gasteiger partial charge in [0.05, 0.1) is 5.60 Å². The average molecular weight is 443 g/mol. The maximum Gasteiger partial charge on any atom is 0.138 e. The molecule has 32 heavy (non-hydrogen) atoms. The number of aliphatic hydroxyl groups is 1. The van der Waals surface area contributed by atoms with Crippen LogP contribution in [0.3, 0.4) is 0 Å². The van der Waals surface area contributed by atoms with Crippen LogP contribution in [0, 0.1) is 45.3 Å². The van der Waals surface area contributed by atoms with Crippen molar-refractivity contribution in [2.75, 3.05) is 0 Å². The van der Waals surface area contributed by atoms with E-state index in [0.29, 0.717) is 40.3 Å². The van der Waals surface area contributed by atoms with Gasteiger partial charge in [0, 0.05) is 11.8 Å². The monoisotopic (exact) mass is 442 g/mol. The second kappa shape index (κ2) is 7.69. The summed E-state index contributed by atoms with van der Waals surface area (Å²) in [5.74, 6) is 2.78. The Morgan fingerprint density at radius 1 is 0.969 bits per heavy atom. The van der Waals surface area contributed by atoms with E-state index < -0.39 is 5.60 Å². The van der Waals surface area contributed by atoms with Gasteiger partial charge in [0.25, 0.3) is 0 Å². The molecule has 182 valence electrons. The topological polar surface area (TPSA) is 37.3 Å². The van der Waals surface area contributed by atoms with Crippen molar-refractivity contribution in [1.82, 2.24) is 0 Å². The largest absolute Gasteiger partial charge is 0.390 e. The molecule has 8 atom stereocenters. The predicted molar refractivity (Wildman–Crippen MR) is 133 cm³/mol. The predicted octanol–water partition coefficient (Wildman–Crippen LogP) is 7.74. The lowest BCUT2D eigenvalue weighted by atomic mass is 9.35. The summed E-state index contributed by atoms with van der Waals surface area (Å²) in [5, 5.41) is 11.6. The van der Waals surface area contributed by atoms with Gasteiger partial charge in [-0.15, -0.1) is 0 Å². The summed E-state index contributed by atoms with van der Waals surface area (Å²) in [4.78, 5) is 12.8. The molecule has 4 saturated carbocycles. The first-order chi connectivity index (χ1) is 14.7. The first kappa shape index (κ1) is 24.5. The lowest BCUT2D eigenvalue weighted by Gasteiger charge is -2.69. The van der Waals surface area contributed by atoms with Crippen LogP contribution in [0.2, 0.25) is 0 Å². The van der Waals surface area contributed by atoms with Crippen LogP contribution in [0.25, 0.3) is 0 Å². The molecule has 4 unspecified atom stereocenters. The van der Waals surface area contributed by atoms with E-state index in [0.717, 1.165) is 25.7 Å². The Hall–Kier alpha value is -0.630. The van der Waals surface area contributed by atoms with Gasteiger partial charge in [-0.1, -0.05) is 46.3 Å². The highest BCUT2D eigenvalue weighted by atomic mass is 16.3. The third kappa shape index (κ3) is 3.32. The van der Waals surface area contributed by atoms with Gasteiger partial charge < -0.3 is 5.11 Å². The highest BCUT2D eigenvalue weighted by molar-refractivity contribution is 5.85. The molecule has 0 aliphatic heterocycles. The number of carbonyl (C=O) groups is 1. The fraction of sp³-hybridized carbons (Fsp3) is 0.900. The molecular weight excluding hydrogens is 392 g/mol. The molecule has 0 aromatic rings. The molecule has 0 spiro atoms. The molecule has 4 aliphatic rings. The SMILES string of the molecule is CC(C)=CCC[C@@](C)(O)C1CC[C@]2(C)C1CCC1[C@@]3(C)CCC(=O)C(C)(C)C3CC[C@]12C. The van der Waals surface area contributed by atoms with Crippen LogP contribution in [0.1, 0.15) is 120 Å². The van der Waals surface area contributed by atoms with Crippen LogP contribution in [0.15, 0.2) is 11.6 Å². The van der Waals surface area contributed by atoms with Gasteiger partial charge in [0.2, 0.25) is 0 Å². The maximum atomic E-state index is 12.8. The summed E-state index contributed by atoms with van der Waals surface area (Å²) in [6.07, 6.45) is 13.5. The van der Waals surface area contributed by atoms with Gasteiger partial charge >= 0.3 is 0 Å². The smallest absolute Gasteiger partial charge is 0.138 e. The van der Waals surface area contributed by atoms with Crippen molar-refractivity contribution in [3.63, 3.8) is 0 Å². The van der Waals surface area contributed by atoms with Crippen molar-refractivity contribution in [2.45, 2.75) is 125 Å². The number of rotatable bonds is 4. The zero-order valence-electron chi connectivity index (χ0n) is 22.3. The molecule has 2 nitrogen and oxygen atoms in total. The highest BCUT2D eigenvalue weighted by Crippen LogP contribution is 2.75. The van der Waals surface area contributed by atoms with Gasteiger partial charge in [-0.2, -0.15) is 0 Å². The molecule has 0 saturated heterocycles. The Balaban J connectivity index is 1.62. The summed E-state index contributed by atoms with van der Waals surface area (Å²) in [6.45, 7) is 18.7. The van der Waals surface area contributed by atoms with Crippen molar-refractivity contribution in [1.29, 1.82) is 0 Å². The van der Waals surface area contributed by atoms with Gasteiger partial charge in [0.1, 0.15) is 5.78 Å². The van der Waals surface area contributed by atoms with Crippen LogP contribution in [0.4, 0.5) is 0 Å². The van der Waals surface area contributed by atoms with E-state index in [1.54, 1.807) is 0 Å². The fourth-order valence-electron chi connectivity index (χ4n) is 10.1. The zero-order valence-corrected chi connectivity index (χ0v) is 22.3. The molecule has 1 N–H and O–H groups in total. The summed E-state index contributed by atoms with van der Waals surface area (Å²) < 4.78 is 0. The van der Waals surface area contributed by atoms with Crippen molar-refractivity contribution in [3.05, 3.63) is 11.6 Å². The summed E-state index contributed by atoms with van der Waals surface area (Å²) >= 11 is 0. The quantitative estimate of drug-likeness (QED) is 0.452. The number of ketones is 1. The molecule has 0 heterocycles. The number of carbonyl (C=O) groups excluding carboxylic acids is 1. The first-order valence-corrected chi connectivity index (χ1v) is 13.6. The minimum absolute atomic E-state index is 0.168. The Kier molecular flexibility index (Phi) is 5.89. The van der Waals surface area contributed by atoms with Gasteiger partial charge in [-0.3, -0.25) is 4.79 Å². The third-order valence-corrected chi connectivity index (χ3v) is 12.1. The van der Waals surface area contributed by atoms with E-state index in [-0.39, 0.29) is 10.8 Å². The van der Waals surface area contributed by atoms with Gasteiger partial charge in [0.15, 0.2) is 0 Å². The minimum atomic E-state index is -0.572. The Morgan fingerprint density at radius 2 is 1.62 bits per heavy atom. The molecule has 4 rings (SSSR count). The lowest BCUT2D eigenvalue weighted by molar-refractivity contribution is -0.207. The van der Waals surface area contributed by atoms with E-state index >= 15 is 0 Å². The summed E-state index contributed by atoms with van der Waals surface area (Å²) in [7, 11) is 0. The number of fused-ring (bicyclic) bond motifs is 5. The highest BCUT2D eigenvalue weighted by Gasteiger charge is 2.69. The molecule has 0 aromatic carbocycles. The molecule has 0 bridgehead atoms. The van der Waals surface area contributed by atoms with Crippen LogP contribution < -0.4 is 0 Å². The molecule has 0 radical (unpaired) electrons. The Morgan fingerprint density at radius 3 is 2.28 bits per heavy atom. The van der Waals surface area contributed by atoms with Crippen molar-refractivity contribution in [2.24, 2.45) is 45.3 Å². The second-order valence-electron chi connectivity index (χ2n) is 14.1. The van der Waals surface area contributed by atoms with Crippen LogP contribution in [-0.4, -0.2) is 16.5 Å². The van der Waals surface area contributed by atoms with E-state index in [1.165, 1.54) is 44.1 Å². The molecular formula is C30H50O2. The van der Waals surface area contributed by atoms with Crippen LogP contribution in [0.5, 0.6) is 0 Å². The number of hydrogen-bond donors (Lipinski definition) is 1. The third-order valence-electron chi connectivity index (χ3n) is 12.1. The van der Waals surface area contributed by atoms with Gasteiger partial charge in [-0.05, 0) is 118 Å². The molecule has 0 amide bonds. The standard InChI is InChI=1S/C30H50O2/c1-20(2)10-9-16-30(8,32)22-13-18-28(6)21(22)11-12-24-27(5)17-15-25(31)26(3,4)23(27)14-19-29(24,28)7/h10,21-24,32H,9,11-19H2,1-8H3/t21?,22?,23?,24?,27-,28+,29+,30+/m0/s1. The number of Topliss-reactive ketones (excluding diaryl/α,β-unsaturated/α-hetero) is 1. The first-order valence-electron chi connectivity index (χ1n) is 13.6. The van der Waals surface area contributed by atoms with E-state index in [1.807, 2.05) is 0 Å². The van der Waals surface area contributed by atoms with Crippen LogP contribution in [-0.2, 0) is 4.79 Å². The fourth-order valence-corrected chi connectivity index (χ4v) is 10.1. The summed E-state index contributed by atoms with van der Waals surface area (Å²) in [6, 6.07) is 0. The number of hydrogen-bond acceptors (Lipinski definition) is 2.